The molecular formula is C16H17N3O2. The van der Waals surface area contributed by atoms with Crippen LogP contribution in [0.3, 0.4) is 0 Å². The highest BCUT2D eigenvalue weighted by Crippen LogP contribution is 2.24. The molecule has 0 spiro atoms. The normalized spacial score (nSPS) is 11.5. The third-order valence-electron chi connectivity index (χ3n) is 3.05. The zero-order valence-corrected chi connectivity index (χ0v) is 11.9. The van der Waals surface area contributed by atoms with Crippen LogP contribution in [0.1, 0.15) is 19.4 Å². The first-order chi connectivity index (χ1) is 9.97. The Morgan fingerprint density at radius 2 is 1.48 bits per heavy atom. The van der Waals surface area contributed by atoms with E-state index in [1.165, 1.54) is 0 Å². The first kappa shape index (κ1) is 14.7. The largest absolute Gasteiger partial charge is 0.465 e. The Balaban J connectivity index is 2.12. The Morgan fingerprint density at radius 1 is 0.952 bits per heavy atom. The van der Waals surface area contributed by atoms with Crippen LogP contribution in [0.25, 0.3) is 0 Å². The van der Waals surface area contributed by atoms with Gasteiger partial charge in [0.2, 0.25) is 0 Å². The third kappa shape index (κ3) is 4.14. The molecule has 5 heteroatoms. The lowest BCUT2D eigenvalue weighted by Gasteiger charge is -2.25. The van der Waals surface area contributed by atoms with E-state index < -0.39 is 11.6 Å². The topological polar surface area (TPSA) is 74.0 Å². The summed E-state index contributed by atoms with van der Waals surface area (Å²) in [6.45, 7) is 3.61. The zero-order valence-electron chi connectivity index (χ0n) is 11.9. The maximum atomic E-state index is 10.8. The molecule has 0 saturated heterocycles. The van der Waals surface area contributed by atoms with Crippen molar-refractivity contribution >= 4 is 17.5 Å². The van der Waals surface area contributed by atoms with Crippen LogP contribution in [0.4, 0.5) is 16.2 Å². The van der Waals surface area contributed by atoms with Gasteiger partial charge in [-0.25, -0.2) is 4.79 Å². The van der Waals surface area contributed by atoms with E-state index in [2.05, 4.69) is 15.5 Å². The molecule has 21 heavy (non-hydrogen) atoms. The van der Waals surface area contributed by atoms with Gasteiger partial charge >= 0.3 is 6.09 Å². The van der Waals surface area contributed by atoms with Gasteiger partial charge in [-0.3, -0.25) is 0 Å². The van der Waals surface area contributed by atoms with E-state index in [1.807, 2.05) is 68.4 Å². The predicted molar refractivity (Wildman–Crippen MR) is 81.2 cm³/mol. The van der Waals surface area contributed by atoms with E-state index >= 15 is 0 Å². The van der Waals surface area contributed by atoms with Crippen molar-refractivity contribution in [3.05, 3.63) is 60.2 Å². The number of amides is 1. The number of hydrogen-bond donors (Lipinski definition) is 2. The fourth-order valence-electron chi connectivity index (χ4n) is 1.89. The van der Waals surface area contributed by atoms with E-state index in [0.717, 1.165) is 11.3 Å². The average molecular weight is 283 g/mol. The van der Waals surface area contributed by atoms with Gasteiger partial charge < -0.3 is 10.4 Å². The van der Waals surface area contributed by atoms with Gasteiger partial charge in [0.1, 0.15) is 0 Å². The van der Waals surface area contributed by atoms with Crippen LogP contribution in [0.15, 0.2) is 64.8 Å². The quantitative estimate of drug-likeness (QED) is 0.804. The highest BCUT2D eigenvalue weighted by atomic mass is 16.4. The zero-order chi connectivity index (χ0) is 15.3. The Bertz CT molecular complexity index is 634. The second-order valence-corrected chi connectivity index (χ2v) is 5.14. The van der Waals surface area contributed by atoms with E-state index in [0.29, 0.717) is 5.69 Å². The van der Waals surface area contributed by atoms with Gasteiger partial charge in [-0.15, -0.1) is 0 Å². The Morgan fingerprint density at radius 3 is 2.00 bits per heavy atom. The second kappa shape index (κ2) is 6.17. The summed E-state index contributed by atoms with van der Waals surface area (Å²) in [4.78, 5) is 10.8. The standard InChI is InChI=1S/C16H17N3O2/c1-16(2,17-15(20)21)12-8-10-14(11-9-12)19-18-13-6-4-3-5-7-13/h3-11,17H,1-2H3,(H,20,21)/b19-18+. The number of carboxylic acid groups (broad SMARTS) is 1. The number of nitrogens with zero attached hydrogens (tertiary/aromatic N) is 2. The number of azo groups is 1. The Kier molecular flexibility index (Phi) is 4.33. The SMILES string of the molecule is CC(C)(NC(=O)O)c1ccc(/N=N/c2ccccc2)cc1. The molecule has 0 radical (unpaired) electrons. The first-order valence-electron chi connectivity index (χ1n) is 6.56. The van der Waals surface area contributed by atoms with Crippen molar-refractivity contribution < 1.29 is 9.90 Å². The molecule has 2 rings (SSSR count). The van der Waals surface area contributed by atoms with Crippen LogP contribution in [-0.4, -0.2) is 11.2 Å². The second-order valence-electron chi connectivity index (χ2n) is 5.14. The first-order valence-corrected chi connectivity index (χ1v) is 6.56. The van der Waals surface area contributed by atoms with Crippen LogP contribution < -0.4 is 5.32 Å². The number of hydrogen-bond acceptors (Lipinski definition) is 3. The van der Waals surface area contributed by atoms with Crippen molar-refractivity contribution in [3.8, 4) is 0 Å². The van der Waals surface area contributed by atoms with Crippen molar-refractivity contribution in [2.75, 3.05) is 0 Å². The number of nitrogens with one attached hydrogen (secondary N) is 1. The lowest BCUT2D eigenvalue weighted by atomic mass is 9.94. The molecule has 0 aliphatic carbocycles. The van der Waals surface area contributed by atoms with Crippen molar-refractivity contribution in [2.45, 2.75) is 19.4 Å². The summed E-state index contributed by atoms with van der Waals surface area (Å²) in [5.41, 5.74) is 1.72. The van der Waals surface area contributed by atoms with Gasteiger partial charge in [-0.2, -0.15) is 10.2 Å². The van der Waals surface area contributed by atoms with E-state index in [9.17, 15) is 4.79 Å². The number of benzene rings is 2. The van der Waals surface area contributed by atoms with Crippen LogP contribution >= 0.6 is 0 Å². The van der Waals surface area contributed by atoms with Gasteiger partial charge in [-0.1, -0.05) is 30.3 Å². The highest BCUT2D eigenvalue weighted by Gasteiger charge is 2.22. The molecule has 0 unspecified atom stereocenters. The van der Waals surface area contributed by atoms with E-state index in [-0.39, 0.29) is 0 Å². The maximum Gasteiger partial charge on any atom is 0.405 e. The molecule has 0 atom stereocenters. The average Bonchev–Trinajstić information content (AvgIpc) is 2.45. The van der Waals surface area contributed by atoms with Crippen molar-refractivity contribution in [1.82, 2.24) is 5.32 Å². The summed E-state index contributed by atoms with van der Waals surface area (Å²) in [6, 6.07) is 16.8. The van der Waals surface area contributed by atoms with Gasteiger partial charge in [0.25, 0.3) is 0 Å². The fourth-order valence-corrected chi connectivity index (χ4v) is 1.89. The van der Waals surface area contributed by atoms with Crippen molar-refractivity contribution in [1.29, 1.82) is 0 Å². The van der Waals surface area contributed by atoms with Crippen LogP contribution in [-0.2, 0) is 5.54 Å². The Hall–Kier alpha value is -2.69. The lowest BCUT2D eigenvalue weighted by Crippen LogP contribution is -2.39. The molecule has 2 aromatic rings. The molecule has 0 fully saturated rings. The molecule has 108 valence electrons. The molecular weight excluding hydrogens is 266 g/mol. The van der Waals surface area contributed by atoms with Crippen molar-refractivity contribution in [2.24, 2.45) is 10.2 Å². The van der Waals surface area contributed by atoms with Gasteiger partial charge in [0.05, 0.1) is 16.9 Å². The molecule has 0 aliphatic rings. The molecule has 0 aromatic heterocycles. The molecule has 0 saturated carbocycles. The minimum Gasteiger partial charge on any atom is -0.465 e. The highest BCUT2D eigenvalue weighted by molar-refractivity contribution is 5.66. The lowest BCUT2D eigenvalue weighted by molar-refractivity contribution is 0.182. The molecule has 2 aromatic carbocycles. The minimum absolute atomic E-state index is 0.652. The Labute approximate surface area is 123 Å². The van der Waals surface area contributed by atoms with Crippen LogP contribution in [0.2, 0.25) is 0 Å². The molecule has 0 aliphatic heterocycles. The molecule has 1 amide bonds. The fraction of sp³-hybridized carbons (Fsp3) is 0.188. The van der Waals surface area contributed by atoms with Crippen molar-refractivity contribution in [3.63, 3.8) is 0 Å². The van der Waals surface area contributed by atoms with Gasteiger partial charge in [0, 0.05) is 0 Å². The van der Waals surface area contributed by atoms with Crippen LogP contribution in [0, 0.1) is 0 Å². The maximum absolute atomic E-state index is 10.8. The van der Waals surface area contributed by atoms with Gasteiger partial charge in [-0.05, 0) is 43.7 Å². The third-order valence-corrected chi connectivity index (χ3v) is 3.05. The van der Waals surface area contributed by atoms with Gasteiger partial charge in [0.15, 0.2) is 0 Å². The summed E-state index contributed by atoms with van der Waals surface area (Å²) >= 11 is 0. The number of carbonyl (C=O) groups is 1. The molecule has 0 bridgehead atoms. The van der Waals surface area contributed by atoms with Crippen LogP contribution in [0.5, 0.6) is 0 Å². The minimum atomic E-state index is -1.05. The monoisotopic (exact) mass is 283 g/mol. The summed E-state index contributed by atoms with van der Waals surface area (Å²) in [6.07, 6.45) is -1.05. The smallest absolute Gasteiger partial charge is 0.405 e. The summed E-state index contributed by atoms with van der Waals surface area (Å²) < 4.78 is 0. The number of rotatable bonds is 4. The summed E-state index contributed by atoms with van der Waals surface area (Å²) in [5, 5.41) is 19.6. The van der Waals surface area contributed by atoms with E-state index in [1.54, 1.807) is 0 Å². The molecule has 5 nitrogen and oxygen atoms in total. The predicted octanol–water partition coefficient (Wildman–Crippen LogP) is 4.60. The summed E-state index contributed by atoms with van der Waals surface area (Å²) in [5.74, 6) is 0. The summed E-state index contributed by atoms with van der Waals surface area (Å²) in [7, 11) is 0. The van der Waals surface area contributed by atoms with E-state index in [4.69, 9.17) is 5.11 Å². The molecule has 0 heterocycles. The molecule has 2 N–H and O–H groups in total.